The maximum atomic E-state index is 11.9. The Morgan fingerprint density at radius 1 is 1.56 bits per heavy atom. The van der Waals surface area contributed by atoms with E-state index in [0.717, 1.165) is 4.47 Å². The van der Waals surface area contributed by atoms with Crippen LogP contribution in [-0.2, 0) is 0 Å². The Kier molecular flexibility index (Phi) is 4.80. The van der Waals surface area contributed by atoms with Crippen molar-refractivity contribution in [1.29, 1.82) is 0 Å². The van der Waals surface area contributed by atoms with E-state index >= 15 is 0 Å². The van der Waals surface area contributed by atoms with Gasteiger partial charge in [0.2, 0.25) is 0 Å². The van der Waals surface area contributed by atoms with Crippen LogP contribution in [0.2, 0.25) is 0 Å². The molecule has 1 atom stereocenters. The van der Waals surface area contributed by atoms with Gasteiger partial charge >= 0.3 is 0 Å². The highest BCUT2D eigenvalue weighted by molar-refractivity contribution is 9.10. The first kappa shape index (κ1) is 13.5. The molecular formula is C11H13Br2NO2. The van der Waals surface area contributed by atoms with Gasteiger partial charge in [0.05, 0.1) is 5.56 Å². The van der Waals surface area contributed by atoms with Crippen molar-refractivity contribution in [1.82, 2.24) is 4.90 Å². The van der Waals surface area contributed by atoms with E-state index in [9.17, 15) is 9.90 Å². The van der Waals surface area contributed by atoms with Crippen LogP contribution in [0.15, 0.2) is 22.7 Å². The van der Waals surface area contributed by atoms with E-state index in [1.54, 1.807) is 24.1 Å². The SMILES string of the molecule is CC(Br)CN(C)C(=O)c1ccc(Br)cc1O. The molecule has 0 aliphatic carbocycles. The summed E-state index contributed by atoms with van der Waals surface area (Å²) in [7, 11) is 1.71. The molecule has 0 aromatic heterocycles. The van der Waals surface area contributed by atoms with Gasteiger partial charge in [-0.1, -0.05) is 38.8 Å². The second kappa shape index (κ2) is 5.68. The van der Waals surface area contributed by atoms with E-state index in [-0.39, 0.29) is 16.5 Å². The summed E-state index contributed by atoms with van der Waals surface area (Å²) in [5.41, 5.74) is 0.318. The summed E-state index contributed by atoms with van der Waals surface area (Å²) >= 11 is 6.61. The van der Waals surface area contributed by atoms with Gasteiger partial charge in [0, 0.05) is 22.9 Å². The largest absolute Gasteiger partial charge is 0.507 e. The average Bonchev–Trinajstić information content (AvgIpc) is 2.15. The van der Waals surface area contributed by atoms with Crippen LogP contribution in [0, 0.1) is 0 Å². The van der Waals surface area contributed by atoms with Gasteiger partial charge in [0.1, 0.15) is 5.75 Å². The van der Waals surface area contributed by atoms with Crippen molar-refractivity contribution in [2.24, 2.45) is 0 Å². The predicted octanol–water partition coefficient (Wildman–Crippen LogP) is 3.01. The Labute approximate surface area is 112 Å². The number of hydrogen-bond acceptors (Lipinski definition) is 2. The molecule has 1 N–H and O–H groups in total. The Bertz CT molecular complexity index is 394. The van der Waals surface area contributed by atoms with Gasteiger partial charge in [-0.05, 0) is 18.2 Å². The van der Waals surface area contributed by atoms with Crippen LogP contribution in [0.4, 0.5) is 0 Å². The summed E-state index contributed by atoms with van der Waals surface area (Å²) in [5, 5.41) is 9.66. The summed E-state index contributed by atoms with van der Waals surface area (Å²) in [6.45, 7) is 2.56. The Morgan fingerprint density at radius 2 is 2.19 bits per heavy atom. The lowest BCUT2D eigenvalue weighted by Crippen LogP contribution is -2.31. The lowest BCUT2D eigenvalue weighted by atomic mass is 10.2. The maximum absolute atomic E-state index is 11.9. The zero-order chi connectivity index (χ0) is 12.3. The third-order valence-corrected chi connectivity index (χ3v) is 2.85. The third-order valence-electron chi connectivity index (χ3n) is 2.06. The Balaban J connectivity index is 2.88. The van der Waals surface area contributed by atoms with Crippen molar-refractivity contribution in [3.05, 3.63) is 28.2 Å². The first-order valence-electron chi connectivity index (χ1n) is 4.80. The fourth-order valence-electron chi connectivity index (χ4n) is 1.35. The molecule has 0 spiro atoms. The molecule has 16 heavy (non-hydrogen) atoms. The minimum absolute atomic E-state index is 0.00606. The number of alkyl halides is 1. The molecule has 0 bridgehead atoms. The highest BCUT2D eigenvalue weighted by Gasteiger charge is 2.16. The second-order valence-corrected chi connectivity index (χ2v) is 6.11. The fraction of sp³-hybridized carbons (Fsp3) is 0.364. The number of phenols is 1. The molecule has 0 aliphatic rings. The number of hydrogen-bond donors (Lipinski definition) is 1. The van der Waals surface area contributed by atoms with E-state index in [2.05, 4.69) is 31.9 Å². The lowest BCUT2D eigenvalue weighted by molar-refractivity contribution is 0.0794. The fourth-order valence-corrected chi connectivity index (χ4v) is 2.13. The van der Waals surface area contributed by atoms with Crippen LogP contribution in [0.3, 0.4) is 0 Å². The normalized spacial score (nSPS) is 12.2. The molecule has 1 rings (SSSR count). The standard InChI is InChI=1S/C11H13Br2NO2/c1-7(12)6-14(2)11(16)9-4-3-8(13)5-10(9)15/h3-5,7,15H,6H2,1-2H3. The maximum Gasteiger partial charge on any atom is 0.257 e. The first-order chi connectivity index (χ1) is 7.41. The van der Waals surface area contributed by atoms with Crippen LogP contribution < -0.4 is 0 Å². The predicted molar refractivity (Wildman–Crippen MR) is 71.2 cm³/mol. The molecular weight excluding hydrogens is 338 g/mol. The summed E-state index contributed by atoms with van der Waals surface area (Å²) in [5.74, 6) is -0.190. The highest BCUT2D eigenvalue weighted by atomic mass is 79.9. The van der Waals surface area contributed by atoms with E-state index in [1.165, 1.54) is 6.07 Å². The Hall–Kier alpha value is -0.550. The molecule has 3 nitrogen and oxygen atoms in total. The zero-order valence-electron chi connectivity index (χ0n) is 9.08. The van der Waals surface area contributed by atoms with Gasteiger partial charge in [0.25, 0.3) is 5.91 Å². The van der Waals surface area contributed by atoms with Gasteiger partial charge in [-0.15, -0.1) is 0 Å². The van der Waals surface area contributed by atoms with Crippen molar-refractivity contribution in [2.45, 2.75) is 11.8 Å². The van der Waals surface area contributed by atoms with Gasteiger partial charge in [-0.3, -0.25) is 4.79 Å². The summed E-state index contributed by atoms with van der Waals surface area (Å²) in [4.78, 5) is 13.7. The smallest absolute Gasteiger partial charge is 0.257 e. The van der Waals surface area contributed by atoms with E-state index < -0.39 is 0 Å². The summed E-state index contributed by atoms with van der Waals surface area (Å²) in [6, 6.07) is 4.86. The van der Waals surface area contributed by atoms with Crippen LogP contribution in [0.1, 0.15) is 17.3 Å². The third kappa shape index (κ3) is 3.49. The van der Waals surface area contributed by atoms with Crippen LogP contribution >= 0.6 is 31.9 Å². The van der Waals surface area contributed by atoms with Crippen molar-refractivity contribution in [3.8, 4) is 5.75 Å². The van der Waals surface area contributed by atoms with Crippen molar-refractivity contribution in [2.75, 3.05) is 13.6 Å². The number of amides is 1. The van der Waals surface area contributed by atoms with Gasteiger partial charge in [0.15, 0.2) is 0 Å². The van der Waals surface area contributed by atoms with Crippen molar-refractivity contribution < 1.29 is 9.90 Å². The molecule has 0 heterocycles. The number of phenolic OH excluding ortho intramolecular Hbond substituents is 1. The van der Waals surface area contributed by atoms with Gasteiger partial charge in [-0.25, -0.2) is 0 Å². The Morgan fingerprint density at radius 3 is 2.69 bits per heavy atom. The van der Waals surface area contributed by atoms with Crippen LogP contribution in [-0.4, -0.2) is 34.3 Å². The molecule has 88 valence electrons. The van der Waals surface area contributed by atoms with Crippen molar-refractivity contribution in [3.63, 3.8) is 0 Å². The second-order valence-electron chi connectivity index (χ2n) is 3.63. The minimum atomic E-state index is -0.184. The average molecular weight is 351 g/mol. The highest BCUT2D eigenvalue weighted by Crippen LogP contribution is 2.23. The molecule has 1 aromatic rings. The number of carbonyl (C=O) groups excluding carboxylic acids is 1. The molecule has 1 amide bonds. The molecule has 5 heteroatoms. The molecule has 1 unspecified atom stereocenters. The molecule has 1 aromatic carbocycles. The number of benzene rings is 1. The number of nitrogens with zero attached hydrogens (tertiary/aromatic N) is 1. The first-order valence-corrected chi connectivity index (χ1v) is 6.50. The van der Waals surface area contributed by atoms with Gasteiger partial charge < -0.3 is 10.0 Å². The van der Waals surface area contributed by atoms with Crippen molar-refractivity contribution >= 4 is 37.8 Å². The van der Waals surface area contributed by atoms with Gasteiger partial charge in [-0.2, -0.15) is 0 Å². The van der Waals surface area contributed by atoms with E-state index in [1.807, 2.05) is 6.92 Å². The lowest BCUT2D eigenvalue weighted by Gasteiger charge is -2.19. The number of carbonyl (C=O) groups is 1. The number of halogens is 2. The number of rotatable bonds is 3. The molecule has 0 radical (unpaired) electrons. The summed E-state index contributed by atoms with van der Waals surface area (Å²) in [6.07, 6.45) is 0. The summed E-state index contributed by atoms with van der Waals surface area (Å²) < 4.78 is 0.748. The quantitative estimate of drug-likeness (QED) is 0.851. The van der Waals surface area contributed by atoms with Crippen LogP contribution in [0.25, 0.3) is 0 Å². The molecule has 0 saturated carbocycles. The molecule has 0 aliphatic heterocycles. The van der Waals surface area contributed by atoms with E-state index in [0.29, 0.717) is 12.1 Å². The number of aromatic hydroxyl groups is 1. The van der Waals surface area contributed by atoms with E-state index in [4.69, 9.17) is 0 Å². The molecule has 0 fully saturated rings. The monoisotopic (exact) mass is 349 g/mol. The zero-order valence-corrected chi connectivity index (χ0v) is 12.2. The molecule has 0 saturated heterocycles. The minimum Gasteiger partial charge on any atom is -0.507 e. The topological polar surface area (TPSA) is 40.5 Å². The van der Waals surface area contributed by atoms with Crippen LogP contribution in [0.5, 0.6) is 5.75 Å².